The summed E-state index contributed by atoms with van der Waals surface area (Å²) in [6.45, 7) is 4.29. The first-order valence-electron chi connectivity index (χ1n) is 10.7. The highest BCUT2D eigenvalue weighted by atomic mass is 15.2. The van der Waals surface area contributed by atoms with Crippen LogP contribution in [0.3, 0.4) is 0 Å². The van der Waals surface area contributed by atoms with Gasteiger partial charge in [0.1, 0.15) is 5.69 Å². The van der Waals surface area contributed by atoms with E-state index in [1.54, 1.807) is 0 Å². The first kappa shape index (κ1) is 18.2. The second-order valence-corrected chi connectivity index (χ2v) is 8.28. The molecule has 6 nitrogen and oxygen atoms in total. The Morgan fingerprint density at radius 1 is 0.806 bits per heavy atom. The SMILES string of the molecule is CN1CCN(c2cccc3[nH]c(-c4n[nH]c5ccc(-c6ccncc6)cc45)cc23)CC1. The van der Waals surface area contributed by atoms with Gasteiger partial charge in [0, 0.05) is 60.5 Å². The normalized spacial score (nSPS) is 15.2. The predicted octanol–water partition coefficient (Wildman–Crippen LogP) is 4.53. The molecule has 0 aliphatic carbocycles. The van der Waals surface area contributed by atoms with Crippen molar-refractivity contribution in [1.29, 1.82) is 0 Å². The van der Waals surface area contributed by atoms with E-state index in [9.17, 15) is 0 Å². The van der Waals surface area contributed by atoms with Crippen LogP contribution in [0.2, 0.25) is 0 Å². The molecule has 0 atom stereocenters. The Morgan fingerprint density at radius 3 is 2.48 bits per heavy atom. The van der Waals surface area contributed by atoms with Gasteiger partial charge in [0.05, 0.1) is 11.2 Å². The van der Waals surface area contributed by atoms with Gasteiger partial charge in [0.25, 0.3) is 0 Å². The smallest absolute Gasteiger partial charge is 0.116 e. The Balaban J connectivity index is 1.44. The number of aromatic amines is 2. The van der Waals surface area contributed by atoms with Crippen molar-refractivity contribution >= 4 is 27.5 Å². The maximum atomic E-state index is 4.66. The van der Waals surface area contributed by atoms with Crippen LogP contribution in [0.15, 0.2) is 67.0 Å². The van der Waals surface area contributed by atoms with Gasteiger partial charge in [-0.05, 0) is 60.6 Å². The molecule has 6 rings (SSSR count). The number of nitrogens with zero attached hydrogens (tertiary/aromatic N) is 4. The van der Waals surface area contributed by atoms with Crippen molar-refractivity contribution in [3.63, 3.8) is 0 Å². The molecule has 31 heavy (non-hydrogen) atoms. The minimum absolute atomic E-state index is 0.950. The number of H-pyrrole nitrogens is 2. The molecule has 6 heteroatoms. The summed E-state index contributed by atoms with van der Waals surface area (Å²) < 4.78 is 0. The zero-order chi connectivity index (χ0) is 20.8. The summed E-state index contributed by atoms with van der Waals surface area (Å²) in [6.07, 6.45) is 3.65. The van der Waals surface area contributed by atoms with Crippen LogP contribution >= 0.6 is 0 Å². The van der Waals surface area contributed by atoms with Gasteiger partial charge in [-0.3, -0.25) is 10.1 Å². The first-order chi connectivity index (χ1) is 15.3. The van der Waals surface area contributed by atoms with Gasteiger partial charge in [0.2, 0.25) is 0 Å². The second kappa shape index (κ2) is 7.25. The van der Waals surface area contributed by atoms with E-state index in [0.717, 1.165) is 65.1 Å². The lowest BCUT2D eigenvalue weighted by Gasteiger charge is -2.34. The molecule has 3 aromatic heterocycles. The summed E-state index contributed by atoms with van der Waals surface area (Å²) in [4.78, 5) is 12.6. The van der Waals surface area contributed by atoms with E-state index in [1.807, 2.05) is 24.5 Å². The van der Waals surface area contributed by atoms with Crippen molar-refractivity contribution in [1.82, 2.24) is 25.1 Å². The third-order valence-electron chi connectivity index (χ3n) is 6.32. The van der Waals surface area contributed by atoms with Crippen molar-refractivity contribution in [3.8, 4) is 22.5 Å². The van der Waals surface area contributed by atoms with Gasteiger partial charge >= 0.3 is 0 Å². The highest BCUT2D eigenvalue weighted by Crippen LogP contribution is 2.35. The zero-order valence-electron chi connectivity index (χ0n) is 17.5. The molecule has 2 aromatic carbocycles. The molecule has 0 radical (unpaired) electrons. The van der Waals surface area contributed by atoms with Crippen LogP contribution in [0.4, 0.5) is 5.69 Å². The average Bonchev–Trinajstić information content (AvgIpc) is 3.43. The van der Waals surface area contributed by atoms with Crippen LogP contribution in [-0.4, -0.2) is 58.3 Å². The molecule has 1 aliphatic heterocycles. The lowest BCUT2D eigenvalue weighted by atomic mass is 10.0. The predicted molar refractivity (Wildman–Crippen MR) is 126 cm³/mol. The first-order valence-corrected chi connectivity index (χ1v) is 10.7. The molecule has 154 valence electrons. The van der Waals surface area contributed by atoms with Crippen LogP contribution < -0.4 is 4.90 Å². The molecule has 0 bridgehead atoms. The zero-order valence-corrected chi connectivity index (χ0v) is 17.5. The molecule has 5 aromatic rings. The van der Waals surface area contributed by atoms with E-state index in [-0.39, 0.29) is 0 Å². The average molecular weight is 409 g/mol. The lowest BCUT2D eigenvalue weighted by molar-refractivity contribution is 0.313. The number of rotatable bonds is 3. The topological polar surface area (TPSA) is 63.8 Å². The highest BCUT2D eigenvalue weighted by molar-refractivity contribution is 6.00. The number of anilines is 1. The van der Waals surface area contributed by atoms with E-state index >= 15 is 0 Å². The third-order valence-corrected chi connectivity index (χ3v) is 6.32. The van der Waals surface area contributed by atoms with Gasteiger partial charge in [-0.25, -0.2) is 0 Å². The standard InChI is InChI=1S/C25H24N6/c1-30-11-13-31(14-12-30)24-4-2-3-21-19(24)16-23(27-21)25-20-15-18(5-6-22(20)28-29-25)17-7-9-26-10-8-17/h2-10,15-16,27H,11-14H2,1H3,(H,28,29). The minimum atomic E-state index is 0.950. The molecule has 1 fully saturated rings. The van der Waals surface area contributed by atoms with Gasteiger partial charge in [0.15, 0.2) is 0 Å². The van der Waals surface area contributed by atoms with E-state index in [0.29, 0.717) is 0 Å². The summed E-state index contributed by atoms with van der Waals surface area (Å²) >= 11 is 0. The fourth-order valence-corrected chi connectivity index (χ4v) is 4.53. The summed E-state index contributed by atoms with van der Waals surface area (Å²) in [5, 5.41) is 10.2. The highest BCUT2D eigenvalue weighted by Gasteiger charge is 2.18. The number of fused-ring (bicyclic) bond motifs is 2. The quantitative estimate of drug-likeness (QED) is 0.461. The molecule has 1 saturated heterocycles. The number of likely N-dealkylation sites (N-methyl/N-ethyl adjacent to an activating group) is 1. The van der Waals surface area contributed by atoms with E-state index < -0.39 is 0 Å². The summed E-state index contributed by atoms with van der Waals surface area (Å²) in [5.74, 6) is 0. The summed E-state index contributed by atoms with van der Waals surface area (Å²) in [6, 6.07) is 19.3. The number of aromatic nitrogens is 4. The maximum absolute atomic E-state index is 4.66. The van der Waals surface area contributed by atoms with Crippen LogP contribution in [0.1, 0.15) is 0 Å². The second-order valence-electron chi connectivity index (χ2n) is 8.28. The van der Waals surface area contributed by atoms with Crippen LogP contribution in [0, 0.1) is 0 Å². The van der Waals surface area contributed by atoms with Crippen molar-refractivity contribution < 1.29 is 0 Å². The summed E-state index contributed by atoms with van der Waals surface area (Å²) in [5.41, 5.74) is 7.77. The summed E-state index contributed by atoms with van der Waals surface area (Å²) in [7, 11) is 2.19. The molecule has 1 aliphatic rings. The molecule has 0 unspecified atom stereocenters. The maximum Gasteiger partial charge on any atom is 0.116 e. The number of pyridine rings is 1. The third kappa shape index (κ3) is 3.16. The van der Waals surface area contributed by atoms with Gasteiger partial charge < -0.3 is 14.8 Å². The van der Waals surface area contributed by atoms with Gasteiger partial charge in [-0.15, -0.1) is 0 Å². The Labute approximate surface area is 180 Å². The molecule has 0 spiro atoms. The van der Waals surface area contributed by atoms with E-state index in [2.05, 4.69) is 79.5 Å². The van der Waals surface area contributed by atoms with Crippen molar-refractivity contribution in [2.45, 2.75) is 0 Å². The fourth-order valence-electron chi connectivity index (χ4n) is 4.53. The van der Waals surface area contributed by atoms with Crippen LogP contribution in [0.25, 0.3) is 44.3 Å². The lowest BCUT2D eigenvalue weighted by Crippen LogP contribution is -2.44. The number of piperazine rings is 1. The molecule has 0 saturated carbocycles. The number of hydrogen-bond donors (Lipinski definition) is 2. The Morgan fingerprint density at radius 2 is 1.65 bits per heavy atom. The minimum Gasteiger partial charge on any atom is -0.368 e. The van der Waals surface area contributed by atoms with Crippen molar-refractivity contribution in [2.24, 2.45) is 0 Å². The molecule has 2 N–H and O–H groups in total. The van der Waals surface area contributed by atoms with Gasteiger partial charge in [-0.1, -0.05) is 12.1 Å². The van der Waals surface area contributed by atoms with E-state index in [1.165, 1.54) is 11.1 Å². The monoisotopic (exact) mass is 408 g/mol. The largest absolute Gasteiger partial charge is 0.368 e. The Bertz CT molecular complexity index is 1360. The molecular formula is C25H24N6. The van der Waals surface area contributed by atoms with Crippen molar-refractivity contribution in [3.05, 3.63) is 67.0 Å². The Kier molecular flexibility index (Phi) is 4.25. The van der Waals surface area contributed by atoms with E-state index in [4.69, 9.17) is 0 Å². The number of nitrogens with one attached hydrogen (secondary N) is 2. The number of benzene rings is 2. The molecule has 4 heterocycles. The van der Waals surface area contributed by atoms with Crippen molar-refractivity contribution in [2.75, 3.05) is 38.1 Å². The Hall–Kier alpha value is -3.64. The van der Waals surface area contributed by atoms with Crippen LogP contribution in [-0.2, 0) is 0 Å². The van der Waals surface area contributed by atoms with Gasteiger partial charge in [-0.2, -0.15) is 5.10 Å². The fraction of sp³-hybridized carbons (Fsp3) is 0.200. The van der Waals surface area contributed by atoms with Crippen LogP contribution in [0.5, 0.6) is 0 Å². The number of hydrogen-bond acceptors (Lipinski definition) is 4. The molecular weight excluding hydrogens is 384 g/mol. The molecule has 0 amide bonds.